The molecule has 84 valence electrons. The summed E-state index contributed by atoms with van der Waals surface area (Å²) in [5.41, 5.74) is 1.22. The highest BCUT2D eigenvalue weighted by Gasteiger charge is 2.21. The molecule has 1 aromatic heterocycles. The van der Waals surface area contributed by atoms with Crippen LogP contribution in [-0.2, 0) is 4.74 Å². The van der Waals surface area contributed by atoms with E-state index in [1.807, 2.05) is 0 Å². The van der Waals surface area contributed by atoms with Crippen LogP contribution in [0.1, 0.15) is 19.1 Å². The molecule has 16 heavy (non-hydrogen) atoms. The quantitative estimate of drug-likeness (QED) is 0.762. The average molecular weight is 220 g/mol. The predicted octanol–water partition coefficient (Wildman–Crippen LogP) is 1.34. The molecule has 0 spiro atoms. The Kier molecular flexibility index (Phi) is 2.00. The van der Waals surface area contributed by atoms with Crippen LogP contribution < -0.4 is 5.69 Å². The van der Waals surface area contributed by atoms with Gasteiger partial charge in [0.1, 0.15) is 12.0 Å². The third kappa shape index (κ3) is 1.32. The van der Waals surface area contributed by atoms with E-state index in [-0.39, 0.29) is 17.7 Å². The van der Waals surface area contributed by atoms with Crippen LogP contribution in [0.2, 0.25) is 0 Å². The van der Waals surface area contributed by atoms with Crippen LogP contribution >= 0.6 is 0 Å². The van der Waals surface area contributed by atoms with E-state index in [0.29, 0.717) is 12.1 Å². The molecule has 1 aliphatic heterocycles. The molecule has 0 saturated carbocycles. The van der Waals surface area contributed by atoms with Gasteiger partial charge in [0.25, 0.3) is 0 Å². The minimum Gasteiger partial charge on any atom is -0.508 e. The highest BCUT2D eigenvalue weighted by molar-refractivity contribution is 5.76. The van der Waals surface area contributed by atoms with Crippen molar-refractivity contribution in [2.45, 2.75) is 19.1 Å². The Labute approximate surface area is 91.3 Å². The van der Waals surface area contributed by atoms with Gasteiger partial charge in [-0.25, -0.2) is 4.79 Å². The van der Waals surface area contributed by atoms with Crippen LogP contribution in [0.25, 0.3) is 11.0 Å². The molecule has 5 nitrogen and oxygen atoms in total. The van der Waals surface area contributed by atoms with Crippen LogP contribution in [0.3, 0.4) is 0 Å². The molecule has 0 amide bonds. The van der Waals surface area contributed by atoms with Crippen LogP contribution in [-0.4, -0.2) is 21.3 Å². The zero-order valence-corrected chi connectivity index (χ0v) is 8.64. The molecule has 1 fully saturated rings. The first kappa shape index (κ1) is 9.47. The van der Waals surface area contributed by atoms with Crippen molar-refractivity contribution in [2.24, 2.45) is 0 Å². The molecule has 0 bridgehead atoms. The molecule has 3 rings (SSSR count). The van der Waals surface area contributed by atoms with Gasteiger partial charge < -0.3 is 14.8 Å². The van der Waals surface area contributed by atoms with E-state index in [0.717, 1.165) is 18.4 Å². The standard InChI is InChI=1S/C11H12N2O3/c14-7-3-4-8-9(6-7)13(11(15)12-8)10-2-1-5-16-10/h3-4,6,10,14H,1-2,5H2,(H,12,15). The maximum absolute atomic E-state index is 11.8. The highest BCUT2D eigenvalue weighted by atomic mass is 16.5. The van der Waals surface area contributed by atoms with Crippen molar-refractivity contribution in [3.8, 4) is 5.75 Å². The summed E-state index contributed by atoms with van der Waals surface area (Å²) in [5, 5.41) is 9.44. The van der Waals surface area contributed by atoms with Crippen molar-refractivity contribution in [1.29, 1.82) is 0 Å². The van der Waals surface area contributed by atoms with Gasteiger partial charge in [-0.3, -0.25) is 4.57 Å². The third-order valence-electron chi connectivity index (χ3n) is 2.89. The third-order valence-corrected chi connectivity index (χ3v) is 2.89. The Morgan fingerprint density at radius 2 is 2.38 bits per heavy atom. The lowest BCUT2D eigenvalue weighted by Gasteiger charge is -2.10. The first-order valence-corrected chi connectivity index (χ1v) is 5.30. The second-order valence-electron chi connectivity index (χ2n) is 3.97. The van der Waals surface area contributed by atoms with E-state index in [2.05, 4.69) is 4.98 Å². The maximum Gasteiger partial charge on any atom is 0.328 e. The van der Waals surface area contributed by atoms with Gasteiger partial charge in [0.15, 0.2) is 0 Å². The fourth-order valence-corrected chi connectivity index (χ4v) is 2.16. The molecule has 2 aromatic rings. The van der Waals surface area contributed by atoms with Crippen molar-refractivity contribution < 1.29 is 9.84 Å². The van der Waals surface area contributed by atoms with E-state index in [1.165, 1.54) is 0 Å². The van der Waals surface area contributed by atoms with Crippen molar-refractivity contribution in [2.75, 3.05) is 6.61 Å². The second kappa shape index (κ2) is 3.38. The number of hydrogen-bond acceptors (Lipinski definition) is 3. The Bertz CT molecular complexity index is 578. The number of aromatic nitrogens is 2. The van der Waals surface area contributed by atoms with E-state index < -0.39 is 0 Å². The van der Waals surface area contributed by atoms with E-state index in [1.54, 1.807) is 22.8 Å². The van der Waals surface area contributed by atoms with Crippen molar-refractivity contribution >= 4 is 11.0 Å². The second-order valence-corrected chi connectivity index (χ2v) is 3.97. The highest BCUT2D eigenvalue weighted by Crippen LogP contribution is 2.26. The zero-order valence-electron chi connectivity index (χ0n) is 8.64. The Balaban J connectivity index is 2.25. The predicted molar refractivity (Wildman–Crippen MR) is 58.4 cm³/mol. The van der Waals surface area contributed by atoms with E-state index in [9.17, 15) is 9.90 Å². The average Bonchev–Trinajstić information content (AvgIpc) is 2.83. The van der Waals surface area contributed by atoms with Crippen molar-refractivity contribution in [3.63, 3.8) is 0 Å². The van der Waals surface area contributed by atoms with Crippen molar-refractivity contribution in [3.05, 3.63) is 28.7 Å². The summed E-state index contributed by atoms with van der Waals surface area (Å²) in [4.78, 5) is 14.5. The van der Waals surface area contributed by atoms with Crippen LogP contribution in [0.15, 0.2) is 23.0 Å². The summed E-state index contributed by atoms with van der Waals surface area (Å²) in [6.45, 7) is 0.683. The monoisotopic (exact) mass is 220 g/mol. The number of hydrogen-bond donors (Lipinski definition) is 2. The summed E-state index contributed by atoms with van der Waals surface area (Å²) in [5.74, 6) is 0.151. The fourth-order valence-electron chi connectivity index (χ4n) is 2.16. The molecule has 1 saturated heterocycles. The number of nitrogens with zero attached hydrogens (tertiary/aromatic N) is 1. The molecule has 2 N–H and O–H groups in total. The topological polar surface area (TPSA) is 67.2 Å². The molecular weight excluding hydrogens is 208 g/mol. The van der Waals surface area contributed by atoms with Gasteiger partial charge >= 0.3 is 5.69 Å². The minimum atomic E-state index is -0.206. The maximum atomic E-state index is 11.8. The van der Waals surface area contributed by atoms with Crippen LogP contribution in [0, 0.1) is 0 Å². The Hall–Kier alpha value is -1.75. The summed E-state index contributed by atoms with van der Waals surface area (Å²) in [6, 6.07) is 4.82. The van der Waals surface area contributed by atoms with Gasteiger partial charge in [-0.2, -0.15) is 0 Å². The fraction of sp³-hybridized carbons (Fsp3) is 0.364. The number of aromatic amines is 1. The normalized spacial score (nSPS) is 20.6. The lowest BCUT2D eigenvalue weighted by Crippen LogP contribution is -2.21. The molecule has 5 heteroatoms. The lowest BCUT2D eigenvalue weighted by atomic mass is 10.3. The van der Waals surface area contributed by atoms with E-state index in [4.69, 9.17) is 4.74 Å². The van der Waals surface area contributed by atoms with Gasteiger partial charge in [0.05, 0.1) is 11.0 Å². The molecule has 1 aromatic carbocycles. The van der Waals surface area contributed by atoms with Crippen LogP contribution in [0.5, 0.6) is 5.75 Å². The first-order chi connectivity index (χ1) is 7.75. The van der Waals surface area contributed by atoms with Crippen LogP contribution in [0.4, 0.5) is 0 Å². The number of phenolic OH excluding ortho intramolecular Hbond substituents is 1. The van der Waals surface area contributed by atoms with Gasteiger partial charge in [-0.1, -0.05) is 0 Å². The number of benzene rings is 1. The smallest absolute Gasteiger partial charge is 0.328 e. The number of phenols is 1. The van der Waals surface area contributed by atoms with Crippen molar-refractivity contribution in [1.82, 2.24) is 9.55 Å². The van der Waals surface area contributed by atoms with Gasteiger partial charge in [-0.15, -0.1) is 0 Å². The van der Waals surface area contributed by atoms with Gasteiger partial charge in [0.2, 0.25) is 0 Å². The number of ether oxygens (including phenoxy) is 1. The number of aromatic hydroxyl groups is 1. The summed E-state index contributed by atoms with van der Waals surface area (Å²) >= 11 is 0. The first-order valence-electron chi connectivity index (χ1n) is 5.30. The number of imidazole rings is 1. The van der Waals surface area contributed by atoms with Gasteiger partial charge in [0, 0.05) is 12.7 Å². The molecule has 2 heterocycles. The van der Waals surface area contributed by atoms with E-state index >= 15 is 0 Å². The molecule has 1 unspecified atom stereocenters. The number of nitrogens with one attached hydrogen (secondary N) is 1. The molecule has 1 aliphatic rings. The zero-order chi connectivity index (χ0) is 11.1. The largest absolute Gasteiger partial charge is 0.508 e. The molecule has 1 atom stereocenters. The summed E-state index contributed by atoms with van der Waals surface area (Å²) in [7, 11) is 0. The SMILES string of the molecule is O=c1[nH]c2ccc(O)cc2n1C1CCCO1. The number of fused-ring (bicyclic) bond motifs is 1. The van der Waals surface area contributed by atoms with Gasteiger partial charge in [-0.05, 0) is 25.0 Å². The Morgan fingerprint density at radius 3 is 3.12 bits per heavy atom. The summed E-state index contributed by atoms with van der Waals surface area (Å²) < 4.78 is 7.06. The molecular formula is C11H12N2O3. The lowest BCUT2D eigenvalue weighted by molar-refractivity contribution is 0.0573. The number of H-pyrrole nitrogens is 1. The molecule has 0 aliphatic carbocycles. The molecule has 0 radical (unpaired) electrons. The minimum absolute atomic E-state index is 0.151. The summed E-state index contributed by atoms with van der Waals surface area (Å²) in [6.07, 6.45) is 1.59. The number of rotatable bonds is 1. The Morgan fingerprint density at radius 1 is 1.50 bits per heavy atom.